The summed E-state index contributed by atoms with van der Waals surface area (Å²) in [5, 5.41) is 0. The van der Waals surface area contributed by atoms with Gasteiger partial charge in [-0.15, -0.1) is 0 Å². The summed E-state index contributed by atoms with van der Waals surface area (Å²) in [7, 11) is 1.79. The number of fused-ring (bicyclic) bond motifs is 1. The average molecular weight is 380 g/mol. The molecule has 144 valence electrons. The maximum absolute atomic E-state index is 4.80. The summed E-state index contributed by atoms with van der Waals surface area (Å²) in [5.41, 5.74) is 5.06. The van der Waals surface area contributed by atoms with E-state index in [-0.39, 0.29) is 0 Å². The van der Waals surface area contributed by atoms with E-state index < -0.39 is 0 Å². The van der Waals surface area contributed by atoms with Crippen LogP contribution in [0, 0.1) is 0 Å². The maximum Gasteiger partial charge on any atom is 0.138 e. The summed E-state index contributed by atoms with van der Waals surface area (Å²) in [6.07, 6.45) is 15.7. The molecule has 3 aromatic rings. The zero-order valence-corrected chi connectivity index (χ0v) is 16.9. The number of imidazole rings is 1. The highest BCUT2D eigenvalue weighted by molar-refractivity contribution is 6.10. The first-order chi connectivity index (χ1) is 14.3. The van der Waals surface area contributed by atoms with E-state index in [1.54, 1.807) is 13.1 Å². The molecule has 29 heavy (non-hydrogen) atoms. The van der Waals surface area contributed by atoms with Crippen LogP contribution in [0.25, 0.3) is 22.8 Å². The minimum atomic E-state index is 0.882. The molecule has 1 heterocycles. The van der Waals surface area contributed by atoms with E-state index >= 15 is 0 Å². The quantitative estimate of drug-likeness (QED) is 0.347. The van der Waals surface area contributed by atoms with Gasteiger partial charge in [0.05, 0.1) is 16.7 Å². The van der Waals surface area contributed by atoms with Crippen molar-refractivity contribution in [3.8, 4) is 5.69 Å². The molecule has 0 unspecified atom stereocenters. The Labute approximate surface area is 172 Å². The number of rotatable bonds is 7. The Bertz CT molecular complexity index is 1120. The number of hydrogen-bond donors (Lipinski definition) is 0. The summed E-state index contributed by atoms with van der Waals surface area (Å²) in [4.78, 5) is 9.17. The van der Waals surface area contributed by atoms with Crippen LogP contribution < -0.4 is 0 Å². The Kier molecular flexibility index (Phi) is 6.90. The molecule has 0 atom stereocenters. The van der Waals surface area contributed by atoms with Crippen molar-refractivity contribution >= 4 is 22.8 Å². The fourth-order valence-corrected chi connectivity index (χ4v) is 3.13. The first-order valence-electron chi connectivity index (χ1n) is 9.58. The molecular formula is C26H25N3. The molecule has 1 aromatic heterocycles. The van der Waals surface area contributed by atoms with Crippen LogP contribution in [-0.2, 0) is 0 Å². The smallest absolute Gasteiger partial charge is 0.138 e. The zero-order valence-electron chi connectivity index (χ0n) is 16.9. The minimum absolute atomic E-state index is 0.882. The highest BCUT2D eigenvalue weighted by atomic mass is 15.1. The molecule has 0 radical (unpaired) electrons. The molecule has 3 nitrogen and oxygen atoms in total. The fourth-order valence-electron chi connectivity index (χ4n) is 3.13. The second-order valence-corrected chi connectivity index (χ2v) is 6.31. The predicted octanol–water partition coefficient (Wildman–Crippen LogP) is 6.35. The maximum atomic E-state index is 4.80. The van der Waals surface area contributed by atoms with Gasteiger partial charge in [-0.25, -0.2) is 4.98 Å². The van der Waals surface area contributed by atoms with Gasteiger partial charge in [0.1, 0.15) is 5.82 Å². The van der Waals surface area contributed by atoms with Gasteiger partial charge in [0.15, 0.2) is 0 Å². The van der Waals surface area contributed by atoms with Crippen molar-refractivity contribution in [2.75, 3.05) is 7.05 Å². The predicted molar refractivity (Wildman–Crippen MR) is 126 cm³/mol. The molecule has 0 saturated heterocycles. The molecular weight excluding hydrogens is 354 g/mol. The summed E-state index contributed by atoms with van der Waals surface area (Å²) >= 11 is 0. The van der Waals surface area contributed by atoms with Crippen molar-refractivity contribution in [3.63, 3.8) is 0 Å². The molecule has 0 aliphatic carbocycles. The topological polar surface area (TPSA) is 30.2 Å². The first kappa shape index (κ1) is 20.0. The Morgan fingerprint density at radius 2 is 1.76 bits per heavy atom. The molecule has 0 N–H and O–H groups in total. The Balaban J connectivity index is 1.94. The van der Waals surface area contributed by atoms with Gasteiger partial charge in [-0.2, -0.15) is 0 Å². The van der Waals surface area contributed by atoms with Crippen LogP contribution >= 0.6 is 0 Å². The summed E-state index contributed by atoms with van der Waals surface area (Å²) in [6, 6.07) is 18.4. The van der Waals surface area contributed by atoms with Crippen molar-refractivity contribution in [2.24, 2.45) is 4.99 Å². The third-order valence-corrected chi connectivity index (χ3v) is 4.39. The van der Waals surface area contributed by atoms with Crippen molar-refractivity contribution in [1.82, 2.24) is 9.55 Å². The van der Waals surface area contributed by atoms with Gasteiger partial charge >= 0.3 is 0 Å². The lowest BCUT2D eigenvalue weighted by atomic mass is 10.1. The van der Waals surface area contributed by atoms with Gasteiger partial charge in [0.2, 0.25) is 0 Å². The molecule has 0 aliphatic rings. The van der Waals surface area contributed by atoms with Crippen molar-refractivity contribution < 1.29 is 0 Å². The molecule has 0 fully saturated rings. The minimum Gasteiger partial charge on any atom is -0.293 e. The highest BCUT2D eigenvalue weighted by Gasteiger charge is 2.09. The molecule has 0 spiro atoms. The van der Waals surface area contributed by atoms with Crippen LogP contribution in [0.15, 0.2) is 114 Å². The van der Waals surface area contributed by atoms with E-state index in [0.29, 0.717) is 0 Å². The van der Waals surface area contributed by atoms with E-state index in [2.05, 4.69) is 34.3 Å². The van der Waals surface area contributed by atoms with E-state index in [1.807, 2.05) is 85.9 Å². The lowest BCUT2D eigenvalue weighted by Gasteiger charge is -2.06. The first-order valence-corrected chi connectivity index (χ1v) is 9.58. The third-order valence-electron chi connectivity index (χ3n) is 4.39. The molecule has 0 saturated carbocycles. The standard InChI is InChI=1S/C26H25N3/c1-4-13-21(14-5-2)23(27-3)17-10-12-20-26-28-24-18-9-11-19-25(24)29(26)22-15-7-6-8-16-22/h4-20H,1H2,2-3H3/b14-5-,17-10+,20-12+,21-13+,27-23+. The normalized spacial score (nSPS) is 13.3. The second-order valence-electron chi connectivity index (χ2n) is 6.31. The van der Waals surface area contributed by atoms with E-state index in [4.69, 9.17) is 4.98 Å². The van der Waals surface area contributed by atoms with Crippen molar-refractivity contribution in [3.05, 3.63) is 115 Å². The van der Waals surface area contributed by atoms with Gasteiger partial charge in [-0.05, 0) is 48.9 Å². The number of aliphatic imine (C=N–C) groups is 1. The van der Waals surface area contributed by atoms with Crippen LogP contribution in [0.1, 0.15) is 12.7 Å². The summed E-state index contributed by atoms with van der Waals surface area (Å²) in [6.45, 7) is 5.77. The Hall–Kier alpha value is -3.72. The van der Waals surface area contributed by atoms with Gasteiger partial charge in [-0.3, -0.25) is 9.56 Å². The summed E-state index contributed by atoms with van der Waals surface area (Å²) in [5.74, 6) is 0.882. The number of allylic oxidation sites excluding steroid dienone is 8. The number of aromatic nitrogens is 2. The molecule has 0 bridgehead atoms. The van der Waals surface area contributed by atoms with Crippen molar-refractivity contribution in [1.29, 1.82) is 0 Å². The van der Waals surface area contributed by atoms with Gasteiger partial charge in [0.25, 0.3) is 0 Å². The van der Waals surface area contributed by atoms with E-state index in [9.17, 15) is 0 Å². The third kappa shape index (κ3) is 4.77. The molecule has 2 aromatic carbocycles. The van der Waals surface area contributed by atoms with Crippen LogP contribution in [-0.4, -0.2) is 22.3 Å². The van der Waals surface area contributed by atoms with Crippen molar-refractivity contribution in [2.45, 2.75) is 6.92 Å². The van der Waals surface area contributed by atoms with Gasteiger partial charge in [-0.1, -0.05) is 73.4 Å². The molecule has 3 heteroatoms. The number of para-hydroxylation sites is 3. The Morgan fingerprint density at radius 3 is 2.48 bits per heavy atom. The van der Waals surface area contributed by atoms with E-state index in [1.165, 1.54) is 0 Å². The molecule has 0 amide bonds. The SMILES string of the molecule is C=C/C=C(\C=C/C)C(/C=C/C=C/c1nc2ccccc2n1-c1ccccc1)=N/C. The monoisotopic (exact) mass is 379 g/mol. The van der Waals surface area contributed by atoms with Gasteiger partial charge < -0.3 is 0 Å². The van der Waals surface area contributed by atoms with Crippen LogP contribution in [0.3, 0.4) is 0 Å². The van der Waals surface area contributed by atoms with Gasteiger partial charge in [0, 0.05) is 12.7 Å². The Morgan fingerprint density at radius 1 is 1.00 bits per heavy atom. The zero-order chi connectivity index (χ0) is 20.5. The number of hydrogen-bond acceptors (Lipinski definition) is 2. The summed E-state index contributed by atoms with van der Waals surface area (Å²) < 4.78 is 2.16. The lowest BCUT2D eigenvalue weighted by Crippen LogP contribution is -1.97. The average Bonchev–Trinajstić information content (AvgIpc) is 3.13. The number of benzene rings is 2. The van der Waals surface area contributed by atoms with Crippen LogP contribution in [0.5, 0.6) is 0 Å². The van der Waals surface area contributed by atoms with Crippen LogP contribution in [0.4, 0.5) is 0 Å². The van der Waals surface area contributed by atoms with Crippen LogP contribution in [0.2, 0.25) is 0 Å². The van der Waals surface area contributed by atoms with E-state index in [0.717, 1.165) is 33.8 Å². The molecule has 0 aliphatic heterocycles. The number of nitrogens with zero attached hydrogens (tertiary/aromatic N) is 3. The molecule has 3 rings (SSSR count). The lowest BCUT2D eigenvalue weighted by molar-refractivity contribution is 1.07. The highest BCUT2D eigenvalue weighted by Crippen LogP contribution is 2.22. The second kappa shape index (κ2) is 10.00. The fraction of sp³-hybridized carbons (Fsp3) is 0.0769. The largest absolute Gasteiger partial charge is 0.293 e.